The van der Waals surface area contributed by atoms with E-state index in [1.165, 1.54) is 24.3 Å². The van der Waals surface area contributed by atoms with Gasteiger partial charge in [-0.05, 0) is 29.8 Å². The number of anilines is 1. The lowest BCUT2D eigenvalue weighted by Crippen LogP contribution is -2.30. The first kappa shape index (κ1) is 19.3. The summed E-state index contributed by atoms with van der Waals surface area (Å²) in [5.41, 5.74) is 0.122. The largest absolute Gasteiger partial charge is 0.508 e. The van der Waals surface area contributed by atoms with Crippen molar-refractivity contribution in [1.29, 1.82) is 0 Å². The molecule has 1 atom stereocenters. The third-order valence-corrected chi connectivity index (χ3v) is 4.87. The summed E-state index contributed by atoms with van der Waals surface area (Å²) in [5.74, 6) is -4.39. The second-order valence-electron chi connectivity index (χ2n) is 6.72. The second kappa shape index (κ2) is 7.44. The third kappa shape index (κ3) is 3.20. The van der Waals surface area contributed by atoms with E-state index < -0.39 is 35.1 Å². The van der Waals surface area contributed by atoms with E-state index in [4.69, 9.17) is 0 Å². The van der Waals surface area contributed by atoms with Crippen LogP contribution in [0.5, 0.6) is 5.75 Å². The van der Waals surface area contributed by atoms with E-state index in [1.807, 2.05) is 0 Å². The van der Waals surface area contributed by atoms with Crippen molar-refractivity contribution in [1.82, 2.24) is 0 Å². The number of benzene rings is 3. The number of rotatable bonds is 3. The van der Waals surface area contributed by atoms with Crippen LogP contribution in [0.4, 0.5) is 14.5 Å². The SMILES string of the molecule is O=C1C(=O)N(c2ccc(F)cc2F)C(c2ccc(O)cc2)/C1=C(\O)c1ccccc1. The molecule has 1 aliphatic rings. The molecule has 1 aliphatic heterocycles. The summed E-state index contributed by atoms with van der Waals surface area (Å²) in [5, 5.41) is 20.5. The van der Waals surface area contributed by atoms with Gasteiger partial charge in [0.2, 0.25) is 0 Å². The van der Waals surface area contributed by atoms with Gasteiger partial charge in [0.1, 0.15) is 23.1 Å². The van der Waals surface area contributed by atoms with Crippen LogP contribution in [0, 0.1) is 11.6 Å². The maximum Gasteiger partial charge on any atom is 0.300 e. The van der Waals surface area contributed by atoms with Crippen LogP contribution in [0.15, 0.2) is 78.4 Å². The normalized spacial score (nSPS) is 18.1. The second-order valence-corrected chi connectivity index (χ2v) is 6.72. The minimum Gasteiger partial charge on any atom is -0.508 e. The molecule has 0 bridgehead atoms. The fourth-order valence-electron chi connectivity index (χ4n) is 3.48. The Morgan fingerprint density at radius 3 is 2.20 bits per heavy atom. The Morgan fingerprint density at radius 1 is 0.900 bits per heavy atom. The molecule has 0 spiro atoms. The molecule has 5 nitrogen and oxygen atoms in total. The monoisotopic (exact) mass is 407 g/mol. The van der Waals surface area contributed by atoms with Crippen molar-refractivity contribution in [3.63, 3.8) is 0 Å². The molecule has 1 heterocycles. The smallest absolute Gasteiger partial charge is 0.300 e. The maximum atomic E-state index is 14.5. The number of aliphatic hydroxyl groups excluding tert-OH is 1. The van der Waals surface area contributed by atoms with Gasteiger partial charge >= 0.3 is 0 Å². The van der Waals surface area contributed by atoms with Crippen LogP contribution >= 0.6 is 0 Å². The minimum absolute atomic E-state index is 0.0493. The number of aliphatic hydroxyl groups is 1. The van der Waals surface area contributed by atoms with E-state index in [2.05, 4.69) is 0 Å². The standard InChI is InChI=1S/C23H15F2NO4/c24-15-8-11-18(17(25)12-15)26-20(13-6-9-16(27)10-7-13)19(22(29)23(26)30)21(28)14-4-2-1-3-5-14/h1-12,20,27-28H/b21-19+. The first-order chi connectivity index (χ1) is 14.4. The summed E-state index contributed by atoms with van der Waals surface area (Å²) in [4.78, 5) is 26.6. The number of halogens is 2. The fourth-order valence-corrected chi connectivity index (χ4v) is 3.48. The molecule has 30 heavy (non-hydrogen) atoms. The van der Waals surface area contributed by atoms with Gasteiger partial charge in [0.05, 0.1) is 17.3 Å². The molecule has 0 saturated carbocycles. The summed E-state index contributed by atoms with van der Waals surface area (Å²) in [6.07, 6.45) is 0. The van der Waals surface area contributed by atoms with Gasteiger partial charge in [0.25, 0.3) is 11.7 Å². The molecule has 7 heteroatoms. The van der Waals surface area contributed by atoms with Gasteiger partial charge in [-0.3, -0.25) is 14.5 Å². The van der Waals surface area contributed by atoms with Crippen molar-refractivity contribution in [2.75, 3.05) is 4.90 Å². The molecule has 1 fully saturated rings. The summed E-state index contributed by atoms with van der Waals surface area (Å²) in [6, 6.07) is 15.2. The quantitative estimate of drug-likeness (QED) is 0.386. The molecular weight excluding hydrogens is 392 g/mol. The van der Waals surface area contributed by atoms with Crippen molar-refractivity contribution >= 4 is 23.1 Å². The van der Waals surface area contributed by atoms with Crippen molar-refractivity contribution in [3.05, 3.63) is 101 Å². The Bertz CT molecular complexity index is 1170. The number of hydrogen-bond donors (Lipinski definition) is 2. The van der Waals surface area contributed by atoms with Crippen molar-refractivity contribution in [2.45, 2.75) is 6.04 Å². The highest BCUT2D eigenvalue weighted by molar-refractivity contribution is 6.51. The zero-order chi connectivity index (χ0) is 21.4. The zero-order valence-electron chi connectivity index (χ0n) is 15.4. The number of ketones is 1. The van der Waals surface area contributed by atoms with Crippen LogP contribution in [0.2, 0.25) is 0 Å². The fraction of sp³-hybridized carbons (Fsp3) is 0.0435. The van der Waals surface area contributed by atoms with Crippen LogP contribution in [0.3, 0.4) is 0 Å². The van der Waals surface area contributed by atoms with Crippen LogP contribution in [-0.4, -0.2) is 21.9 Å². The number of carbonyl (C=O) groups is 2. The van der Waals surface area contributed by atoms with Gasteiger partial charge in [-0.15, -0.1) is 0 Å². The number of phenolic OH excluding ortho intramolecular Hbond substituents is 1. The molecule has 1 saturated heterocycles. The number of phenols is 1. The Morgan fingerprint density at radius 2 is 1.57 bits per heavy atom. The van der Waals surface area contributed by atoms with E-state index in [1.54, 1.807) is 30.3 Å². The predicted octanol–water partition coefficient (Wildman–Crippen LogP) is 4.30. The summed E-state index contributed by atoms with van der Waals surface area (Å²) < 4.78 is 28.0. The number of carbonyl (C=O) groups excluding carboxylic acids is 2. The number of nitrogens with zero attached hydrogens (tertiary/aromatic N) is 1. The summed E-state index contributed by atoms with van der Waals surface area (Å²) in [6.45, 7) is 0. The van der Waals surface area contributed by atoms with Crippen molar-refractivity contribution in [3.8, 4) is 5.75 Å². The molecule has 3 aromatic carbocycles. The highest BCUT2D eigenvalue weighted by atomic mass is 19.1. The molecule has 0 radical (unpaired) electrons. The van der Waals surface area contributed by atoms with E-state index in [-0.39, 0.29) is 17.0 Å². The van der Waals surface area contributed by atoms with E-state index in [0.29, 0.717) is 17.2 Å². The lowest BCUT2D eigenvalue weighted by Gasteiger charge is -2.25. The van der Waals surface area contributed by atoms with Gasteiger partial charge < -0.3 is 10.2 Å². The molecular formula is C23H15F2NO4. The molecule has 3 aromatic rings. The van der Waals surface area contributed by atoms with Crippen LogP contribution < -0.4 is 4.90 Å². The molecule has 1 amide bonds. The third-order valence-electron chi connectivity index (χ3n) is 4.87. The van der Waals surface area contributed by atoms with E-state index >= 15 is 0 Å². The first-order valence-corrected chi connectivity index (χ1v) is 8.99. The lowest BCUT2D eigenvalue weighted by molar-refractivity contribution is -0.132. The zero-order valence-corrected chi connectivity index (χ0v) is 15.4. The Kier molecular flexibility index (Phi) is 4.79. The van der Waals surface area contributed by atoms with Gasteiger partial charge in [0, 0.05) is 11.6 Å². The van der Waals surface area contributed by atoms with E-state index in [9.17, 15) is 28.6 Å². The Hall–Kier alpha value is -4.00. The maximum absolute atomic E-state index is 14.5. The number of amides is 1. The van der Waals surface area contributed by atoms with Crippen LogP contribution in [0.1, 0.15) is 17.2 Å². The van der Waals surface area contributed by atoms with Crippen molar-refractivity contribution in [2.24, 2.45) is 0 Å². The molecule has 1 unspecified atom stereocenters. The molecule has 150 valence electrons. The average molecular weight is 407 g/mol. The molecule has 4 rings (SSSR count). The van der Waals surface area contributed by atoms with Gasteiger partial charge in [-0.1, -0.05) is 42.5 Å². The lowest BCUT2D eigenvalue weighted by atomic mass is 9.95. The van der Waals surface area contributed by atoms with Gasteiger partial charge in [-0.2, -0.15) is 0 Å². The molecule has 0 aromatic heterocycles. The average Bonchev–Trinajstić information content (AvgIpc) is 3.00. The summed E-state index contributed by atoms with van der Waals surface area (Å²) in [7, 11) is 0. The highest BCUT2D eigenvalue weighted by Gasteiger charge is 2.47. The highest BCUT2D eigenvalue weighted by Crippen LogP contribution is 2.43. The summed E-state index contributed by atoms with van der Waals surface area (Å²) >= 11 is 0. The predicted molar refractivity (Wildman–Crippen MR) is 106 cm³/mol. The Balaban J connectivity index is 1.97. The van der Waals surface area contributed by atoms with Gasteiger partial charge in [0.15, 0.2) is 0 Å². The van der Waals surface area contributed by atoms with Crippen molar-refractivity contribution < 1.29 is 28.6 Å². The number of aromatic hydroxyl groups is 1. The van der Waals surface area contributed by atoms with Crippen LogP contribution in [-0.2, 0) is 9.59 Å². The Labute approximate surface area is 170 Å². The number of Topliss-reactive ketones (excluding diaryl/α,β-unsaturated/α-hetero) is 1. The minimum atomic E-state index is -1.18. The molecule has 0 aliphatic carbocycles. The van der Waals surface area contributed by atoms with Gasteiger partial charge in [-0.25, -0.2) is 8.78 Å². The van der Waals surface area contributed by atoms with E-state index in [0.717, 1.165) is 17.0 Å². The van der Waals surface area contributed by atoms with Crippen LogP contribution in [0.25, 0.3) is 5.76 Å². The molecule has 2 N–H and O–H groups in total. The number of hydrogen-bond acceptors (Lipinski definition) is 4. The first-order valence-electron chi connectivity index (χ1n) is 8.99. The topological polar surface area (TPSA) is 77.8 Å².